The Kier molecular flexibility index (Phi) is 5.70. The molecule has 3 aromatic rings. The van der Waals surface area contributed by atoms with Gasteiger partial charge in [0.15, 0.2) is 0 Å². The number of nitrogens with zero attached hydrogens (tertiary/aromatic N) is 4. The van der Waals surface area contributed by atoms with Gasteiger partial charge >= 0.3 is 6.18 Å². The third-order valence-electron chi connectivity index (χ3n) is 4.47. The van der Waals surface area contributed by atoms with Crippen LogP contribution in [0.4, 0.5) is 18.9 Å². The number of halogens is 4. The Bertz CT molecular complexity index is 1060. The quantitative estimate of drug-likeness (QED) is 0.522. The van der Waals surface area contributed by atoms with Crippen LogP contribution >= 0.6 is 23.4 Å². The Balaban J connectivity index is 1.63. The monoisotopic (exact) mass is 453 g/mol. The van der Waals surface area contributed by atoms with Crippen LogP contribution < -0.4 is 5.32 Å². The number of aromatic nitrogens is 4. The minimum Gasteiger partial charge on any atom is -0.323 e. The maximum atomic E-state index is 13.1. The fourth-order valence-electron chi connectivity index (χ4n) is 2.81. The molecule has 0 bridgehead atoms. The van der Waals surface area contributed by atoms with Crippen LogP contribution in [0.25, 0.3) is 0 Å². The van der Waals surface area contributed by atoms with Gasteiger partial charge in [-0.3, -0.25) is 4.79 Å². The molecule has 11 heteroatoms. The number of nitrogens with one attached hydrogen (secondary N) is 1. The van der Waals surface area contributed by atoms with Crippen molar-refractivity contribution in [3.8, 4) is 0 Å². The van der Waals surface area contributed by atoms with Gasteiger partial charge in [0.1, 0.15) is 5.25 Å². The van der Waals surface area contributed by atoms with Crippen molar-refractivity contribution in [2.75, 3.05) is 5.32 Å². The van der Waals surface area contributed by atoms with Crippen LogP contribution in [0.15, 0.2) is 53.7 Å². The SMILES string of the molecule is O=C(Nc1cc(C(F)(F)F)ccc1Cl)[C@H](Sc1nnnn1C1CC1)c1ccccc1. The van der Waals surface area contributed by atoms with Crippen molar-refractivity contribution in [3.05, 3.63) is 64.7 Å². The number of hydrogen-bond acceptors (Lipinski definition) is 5. The molecule has 1 saturated carbocycles. The zero-order valence-corrected chi connectivity index (χ0v) is 16.9. The molecule has 1 N–H and O–H groups in total. The van der Waals surface area contributed by atoms with Crippen LogP contribution in [0.2, 0.25) is 5.02 Å². The number of hydrogen-bond donors (Lipinski definition) is 1. The van der Waals surface area contributed by atoms with Crippen molar-refractivity contribution >= 4 is 35.0 Å². The van der Waals surface area contributed by atoms with E-state index in [0.717, 1.165) is 42.8 Å². The van der Waals surface area contributed by atoms with E-state index in [9.17, 15) is 18.0 Å². The van der Waals surface area contributed by atoms with Crippen molar-refractivity contribution in [1.82, 2.24) is 20.2 Å². The van der Waals surface area contributed by atoms with Crippen molar-refractivity contribution in [3.63, 3.8) is 0 Å². The van der Waals surface area contributed by atoms with Gasteiger partial charge in [-0.15, -0.1) is 5.10 Å². The summed E-state index contributed by atoms with van der Waals surface area (Å²) in [5.74, 6) is -0.530. The van der Waals surface area contributed by atoms with Gasteiger partial charge < -0.3 is 5.32 Å². The lowest BCUT2D eigenvalue weighted by molar-refractivity contribution is -0.137. The lowest BCUT2D eigenvalue weighted by Gasteiger charge is -2.18. The summed E-state index contributed by atoms with van der Waals surface area (Å²) in [6.07, 6.45) is -2.63. The maximum Gasteiger partial charge on any atom is 0.416 e. The third-order valence-corrected chi connectivity index (χ3v) is 6.00. The zero-order chi connectivity index (χ0) is 21.3. The van der Waals surface area contributed by atoms with E-state index in [1.165, 1.54) is 0 Å². The van der Waals surface area contributed by atoms with Crippen molar-refractivity contribution in [2.45, 2.75) is 35.5 Å². The lowest BCUT2D eigenvalue weighted by atomic mass is 10.1. The van der Waals surface area contributed by atoms with Crippen LogP contribution in [0, 0.1) is 0 Å². The molecule has 30 heavy (non-hydrogen) atoms. The summed E-state index contributed by atoms with van der Waals surface area (Å²) in [4.78, 5) is 13.1. The van der Waals surface area contributed by atoms with Crippen molar-refractivity contribution in [2.24, 2.45) is 0 Å². The number of benzene rings is 2. The normalized spacial score (nSPS) is 15.1. The molecule has 0 aliphatic heterocycles. The fourth-order valence-corrected chi connectivity index (χ4v) is 4.03. The molecule has 1 aliphatic rings. The predicted molar refractivity (Wildman–Crippen MR) is 106 cm³/mol. The molecule has 2 aromatic carbocycles. The van der Waals surface area contributed by atoms with Crippen LogP contribution in [0.5, 0.6) is 0 Å². The summed E-state index contributed by atoms with van der Waals surface area (Å²) in [5, 5.41) is 13.9. The highest BCUT2D eigenvalue weighted by molar-refractivity contribution is 8.00. The topological polar surface area (TPSA) is 72.7 Å². The molecule has 4 rings (SSSR count). The predicted octanol–water partition coefficient (Wildman–Crippen LogP) is 5.15. The first kappa shape index (κ1) is 20.7. The average molecular weight is 454 g/mol. The highest BCUT2D eigenvalue weighted by Crippen LogP contribution is 2.41. The average Bonchev–Trinajstić information content (AvgIpc) is 3.45. The molecule has 6 nitrogen and oxygen atoms in total. The lowest BCUT2D eigenvalue weighted by Crippen LogP contribution is -2.20. The second kappa shape index (κ2) is 8.27. The Morgan fingerprint density at radius 1 is 1.20 bits per heavy atom. The van der Waals surface area contributed by atoms with Gasteiger partial charge in [0.25, 0.3) is 0 Å². The molecule has 0 radical (unpaired) electrons. The van der Waals surface area contributed by atoms with Gasteiger partial charge in [0.05, 0.1) is 22.3 Å². The molecule has 0 spiro atoms. The summed E-state index contributed by atoms with van der Waals surface area (Å²) in [5.41, 5.74) is -0.350. The number of tetrazole rings is 1. The molecule has 156 valence electrons. The molecule has 1 amide bonds. The summed E-state index contributed by atoms with van der Waals surface area (Å²) < 4.78 is 40.8. The number of rotatable bonds is 6. The minimum atomic E-state index is -4.55. The summed E-state index contributed by atoms with van der Waals surface area (Å²) in [6, 6.07) is 11.9. The molecule has 1 aromatic heterocycles. The van der Waals surface area contributed by atoms with Gasteiger partial charge in [-0.2, -0.15) is 13.2 Å². The largest absolute Gasteiger partial charge is 0.416 e. The number of carbonyl (C=O) groups excluding carboxylic acids is 1. The first-order valence-electron chi connectivity index (χ1n) is 9.00. The summed E-state index contributed by atoms with van der Waals surface area (Å²) >= 11 is 7.17. The van der Waals surface area contributed by atoms with E-state index in [0.29, 0.717) is 10.7 Å². The summed E-state index contributed by atoms with van der Waals surface area (Å²) in [6.45, 7) is 0. The molecule has 0 unspecified atom stereocenters. The third kappa shape index (κ3) is 4.59. The standard InChI is InChI=1S/C19H15ClF3N5OS/c20-14-9-6-12(19(21,22)23)10-15(14)24-17(29)16(11-4-2-1-3-5-11)30-18-25-26-27-28(18)13-7-8-13/h1-6,9-10,13,16H,7-8H2,(H,24,29)/t16-/m1/s1. The highest BCUT2D eigenvalue weighted by atomic mass is 35.5. The van der Waals surface area contributed by atoms with Gasteiger partial charge in [-0.25, -0.2) is 4.68 Å². The Labute approximate surface area is 178 Å². The van der Waals surface area contributed by atoms with Crippen molar-refractivity contribution < 1.29 is 18.0 Å². The van der Waals surface area contributed by atoms with Gasteiger partial charge in [0.2, 0.25) is 11.1 Å². The second-order valence-electron chi connectivity index (χ2n) is 6.73. The molecule has 1 aliphatic carbocycles. The van der Waals surface area contributed by atoms with E-state index in [1.807, 2.05) is 0 Å². The molecule has 1 fully saturated rings. The number of anilines is 1. The molecular formula is C19H15ClF3N5OS. The Morgan fingerprint density at radius 2 is 1.93 bits per heavy atom. The highest BCUT2D eigenvalue weighted by Gasteiger charge is 2.33. The van der Waals surface area contributed by atoms with E-state index in [4.69, 9.17) is 11.6 Å². The second-order valence-corrected chi connectivity index (χ2v) is 8.21. The van der Waals surface area contributed by atoms with Crippen molar-refractivity contribution in [1.29, 1.82) is 0 Å². The molecule has 0 saturated heterocycles. The van der Waals surface area contributed by atoms with Gasteiger partial charge in [-0.1, -0.05) is 53.7 Å². The number of carbonyl (C=O) groups is 1. The van der Waals surface area contributed by atoms with Crippen LogP contribution in [-0.4, -0.2) is 26.1 Å². The smallest absolute Gasteiger partial charge is 0.323 e. The number of amides is 1. The van der Waals surface area contributed by atoms with Crippen LogP contribution in [0.1, 0.15) is 35.3 Å². The molecule has 1 heterocycles. The first-order chi connectivity index (χ1) is 14.3. The number of alkyl halides is 3. The van der Waals surface area contributed by atoms with Crippen LogP contribution in [-0.2, 0) is 11.0 Å². The first-order valence-corrected chi connectivity index (χ1v) is 10.3. The summed E-state index contributed by atoms with van der Waals surface area (Å²) in [7, 11) is 0. The number of thioether (sulfide) groups is 1. The maximum absolute atomic E-state index is 13.1. The van der Waals surface area contributed by atoms with Crippen LogP contribution in [0.3, 0.4) is 0 Å². The Hall–Kier alpha value is -2.59. The zero-order valence-electron chi connectivity index (χ0n) is 15.3. The van der Waals surface area contributed by atoms with E-state index < -0.39 is 22.9 Å². The fraction of sp³-hybridized carbons (Fsp3) is 0.263. The van der Waals surface area contributed by atoms with Gasteiger partial charge in [-0.05, 0) is 47.0 Å². The minimum absolute atomic E-state index is 0.0102. The van der Waals surface area contributed by atoms with E-state index in [1.54, 1.807) is 35.0 Å². The van der Waals surface area contributed by atoms with E-state index >= 15 is 0 Å². The van der Waals surface area contributed by atoms with E-state index in [2.05, 4.69) is 20.8 Å². The van der Waals surface area contributed by atoms with E-state index in [-0.39, 0.29) is 16.8 Å². The molecular weight excluding hydrogens is 439 g/mol. The Morgan fingerprint density at radius 3 is 2.60 bits per heavy atom. The molecule has 1 atom stereocenters. The van der Waals surface area contributed by atoms with Gasteiger partial charge in [0, 0.05) is 0 Å².